The van der Waals surface area contributed by atoms with Crippen molar-refractivity contribution in [1.29, 1.82) is 0 Å². The first kappa shape index (κ1) is 15.1. The van der Waals surface area contributed by atoms with Gasteiger partial charge in [0.05, 0.1) is 5.69 Å². The van der Waals surface area contributed by atoms with Gasteiger partial charge in [-0.1, -0.05) is 6.07 Å². The topological polar surface area (TPSA) is 85.7 Å². The summed E-state index contributed by atoms with van der Waals surface area (Å²) in [4.78, 5) is 17.7. The third kappa shape index (κ3) is 2.64. The highest BCUT2D eigenvalue weighted by Crippen LogP contribution is 2.35. The summed E-state index contributed by atoms with van der Waals surface area (Å²) in [6.45, 7) is 1.93. The van der Waals surface area contributed by atoms with E-state index in [1.165, 1.54) is 12.4 Å². The summed E-state index contributed by atoms with van der Waals surface area (Å²) >= 11 is 0. The Balaban J connectivity index is 1.99. The summed E-state index contributed by atoms with van der Waals surface area (Å²) in [5, 5.41) is 23.5. The second-order valence-electron chi connectivity index (χ2n) is 5.46. The van der Waals surface area contributed by atoms with Crippen molar-refractivity contribution in [2.24, 2.45) is 0 Å². The lowest BCUT2D eigenvalue weighted by molar-refractivity contribution is 0.0945. The molecule has 118 valence electrons. The predicted molar refractivity (Wildman–Crippen MR) is 86.8 cm³/mol. The zero-order valence-electron chi connectivity index (χ0n) is 12.8. The van der Waals surface area contributed by atoms with Gasteiger partial charge < -0.3 is 20.4 Å². The molecule has 0 bridgehead atoms. The van der Waals surface area contributed by atoms with Crippen LogP contribution in [0.25, 0.3) is 5.76 Å². The monoisotopic (exact) mass is 311 g/mol. The molecule has 1 aromatic heterocycles. The molecule has 6 nitrogen and oxygen atoms in total. The number of hydrogen-bond donors (Lipinski definition) is 3. The van der Waals surface area contributed by atoms with Crippen molar-refractivity contribution in [1.82, 2.24) is 10.3 Å². The Bertz CT molecular complexity index is 787. The minimum absolute atomic E-state index is 0.0608. The van der Waals surface area contributed by atoms with Crippen LogP contribution in [0.2, 0.25) is 0 Å². The smallest absolute Gasteiger partial charge is 0.255 e. The fourth-order valence-electron chi connectivity index (χ4n) is 2.55. The van der Waals surface area contributed by atoms with Crippen LogP contribution in [0.3, 0.4) is 0 Å². The lowest BCUT2D eigenvalue weighted by Gasteiger charge is -2.34. The second kappa shape index (κ2) is 5.73. The number of carbonyl (C=O) groups excluding carboxylic acids is 1. The van der Waals surface area contributed by atoms with Gasteiger partial charge in [0.25, 0.3) is 5.91 Å². The molecule has 3 rings (SSSR count). The number of fused-ring (bicyclic) bond motifs is 1. The molecule has 1 amide bonds. The maximum absolute atomic E-state index is 12.3. The number of rotatable bonds is 2. The van der Waals surface area contributed by atoms with Crippen molar-refractivity contribution in [3.05, 3.63) is 65.1 Å². The molecule has 2 heterocycles. The third-order valence-electron chi connectivity index (χ3n) is 3.86. The van der Waals surface area contributed by atoms with E-state index < -0.39 is 12.1 Å². The Morgan fingerprint density at radius 1 is 1.26 bits per heavy atom. The number of amides is 1. The van der Waals surface area contributed by atoms with E-state index in [1.807, 2.05) is 19.1 Å². The van der Waals surface area contributed by atoms with Gasteiger partial charge in [0.15, 0.2) is 6.23 Å². The Kier molecular flexibility index (Phi) is 3.75. The first-order chi connectivity index (χ1) is 11.0. The van der Waals surface area contributed by atoms with E-state index in [0.717, 1.165) is 5.56 Å². The number of aromatic nitrogens is 1. The maximum Gasteiger partial charge on any atom is 0.255 e. The van der Waals surface area contributed by atoms with Gasteiger partial charge in [-0.05, 0) is 36.8 Å². The van der Waals surface area contributed by atoms with Crippen LogP contribution >= 0.6 is 0 Å². The number of aliphatic hydroxyl groups excluding tert-OH is 2. The highest BCUT2D eigenvalue weighted by atomic mass is 16.3. The minimum Gasteiger partial charge on any atom is -0.505 e. The summed E-state index contributed by atoms with van der Waals surface area (Å²) < 4.78 is 0. The number of nitrogens with one attached hydrogen (secondary N) is 1. The van der Waals surface area contributed by atoms with Crippen molar-refractivity contribution in [3.8, 4) is 0 Å². The molecule has 0 fully saturated rings. The number of aliphatic hydroxyl groups is 2. The molecule has 23 heavy (non-hydrogen) atoms. The number of aryl methyl sites for hydroxylation is 1. The Morgan fingerprint density at radius 3 is 2.65 bits per heavy atom. The summed E-state index contributed by atoms with van der Waals surface area (Å²) in [5.41, 5.74) is 2.74. The van der Waals surface area contributed by atoms with E-state index >= 15 is 0 Å². The van der Waals surface area contributed by atoms with Crippen LogP contribution in [0.15, 0.2) is 48.4 Å². The van der Waals surface area contributed by atoms with E-state index in [9.17, 15) is 15.0 Å². The van der Waals surface area contributed by atoms with Gasteiger partial charge in [0.2, 0.25) is 0 Å². The van der Waals surface area contributed by atoms with Gasteiger partial charge in [-0.3, -0.25) is 9.78 Å². The minimum atomic E-state index is -1.14. The van der Waals surface area contributed by atoms with Crippen molar-refractivity contribution in [2.75, 3.05) is 11.9 Å². The molecule has 2 aromatic rings. The van der Waals surface area contributed by atoms with Crippen LogP contribution in [0, 0.1) is 6.92 Å². The number of benzene rings is 1. The van der Waals surface area contributed by atoms with Crippen LogP contribution < -0.4 is 10.2 Å². The number of carbonyl (C=O) groups is 1. The normalized spacial score (nSPS) is 17.0. The van der Waals surface area contributed by atoms with Crippen molar-refractivity contribution in [3.63, 3.8) is 0 Å². The van der Waals surface area contributed by atoms with Gasteiger partial charge in [-0.15, -0.1) is 0 Å². The fraction of sp³-hybridized carbons (Fsp3) is 0.176. The lowest BCUT2D eigenvalue weighted by Crippen LogP contribution is -2.43. The number of nitrogens with zero attached hydrogens (tertiary/aromatic N) is 2. The molecular formula is C17H17N3O3. The summed E-state index contributed by atoms with van der Waals surface area (Å²) in [6, 6.07) is 8.62. The van der Waals surface area contributed by atoms with Crippen LogP contribution in [0.5, 0.6) is 0 Å². The first-order valence-electron chi connectivity index (χ1n) is 7.15. The number of anilines is 1. The second-order valence-corrected chi connectivity index (χ2v) is 5.46. The maximum atomic E-state index is 12.3. The molecule has 1 atom stereocenters. The quantitative estimate of drug-likeness (QED) is 0.787. The average Bonchev–Trinajstić information content (AvgIpc) is 2.57. The zero-order chi connectivity index (χ0) is 16.6. The molecule has 0 saturated carbocycles. The average molecular weight is 311 g/mol. The van der Waals surface area contributed by atoms with Crippen molar-refractivity contribution in [2.45, 2.75) is 13.2 Å². The lowest BCUT2D eigenvalue weighted by atomic mass is 10.0. The number of likely N-dealkylation sites (N-methyl/N-ethyl adjacent to an activating group) is 1. The molecule has 3 N–H and O–H groups in total. The molecule has 1 aromatic carbocycles. The van der Waals surface area contributed by atoms with Gasteiger partial charge in [0, 0.05) is 30.6 Å². The van der Waals surface area contributed by atoms with Crippen molar-refractivity contribution < 1.29 is 15.0 Å². The first-order valence-corrected chi connectivity index (χ1v) is 7.15. The summed E-state index contributed by atoms with van der Waals surface area (Å²) in [5.74, 6) is -0.551. The Hall–Kier alpha value is -2.86. The number of pyridine rings is 1. The summed E-state index contributed by atoms with van der Waals surface area (Å²) in [7, 11) is 1.70. The van der Waals surface area contributed by atoms with Crippen LogP contribution in [-0.4, -0.2) is 34.4 Å². The SMILES string of the molecule is Cc1ccc2c(c1)N(C)C(O)C(NC(=O)c1ccncc1)=C2O. The van der Waals surface area contributed by atoms with E-state index in [4.69, 9.17) is 0 Å². The molecule has 0 saturated heterocycles. The molecule has 0 spiro atoms. The van der Waals surface area contributed by atoms with E-state index in [2.05, 4.69) is 10.3 Å². The van der Waals surface area contributed by atoms with Crippen LogP contribution in [0.4, 0.5) is 5.69 Å². The Labute approximate surface area is 133 Å². The van der Waals surface area contributed by atoms with Gasteiger partial charge in [0.1, 0.15) is 11.5 Å². The molecule has 0 radical (unpaired) electrons. The van der Waals surface area contributed by atoms with Crippen LogP contribution in [0.1, 0.15) is 21.5 Å². The third-order valence-corrected chi connectivity index (χ3v) is 3.86. The number of hydrogen-bond acceptors (Lipinski definition) is 5. The van der Waals surface area contributed by atoms with Crippen LogP contribution in [-0.2, 0) is 0 Å². The Morgan fingerprint density at radius 2 is 1.96 bits per heavy atom. The fourth-order valence-corrected chi connectivity index (χ4v) is 2.55. The highest BCUT2D eigenvalue weighted by Gasteiger charge is 2.31. The van der Waals surface area contributed by atoms with E-state index in [-0.39, 0.29) is 11.5 Å². The molecule has 1 unspecified atom stereocenters. The molecule has 0 aliphatic carbocycles. The van der Waals surface area contributed by atoms with E-state index in [1.54, 1.807) is 30.1 Å². The molecular weight excluding hydrogens is 294 g/mol. The van der Waals surface area contributed by atoms with Gasteiger partial charge in [-0.25, -0.2) is 0 Å². The van der Waals surface area contributed by atoms with E-state index in [0.29, 0.717) is 16.8 Å². The zero-order valence-corrected chi connectivity index (χ0v) is 12.8. The summed E-state index contributed by atoms with van der Waals surface area (Å²) in [6.07, 6.45) is 1.87. The molecule has 1 aliphatic rings. The van der Waals surface area contributed by atoms with Gasteiger partial charge in [-0.2, -0.15) is 0 Å². The molecule has 1 aliphatic heterocycles. The predicted octanol–water partition coefficient (Wildman–Crippen LogP) is 1.81. The molecule has 6 heteroatoms. The highest BCUT2D eigenvalue weighted by molar-refractivity contribution is 5.96. The van der Waals surface area contributed by atoms with Gasteiger partial charge >= 0.3 is 0 Å². The largest absolute Gasteiger partial charge is 0.505 e. The standard InChI is InChI=1S/C17H17N3O3/c1-10-3-4-12-13(9-10)20(2)17(23)14(15(12)21)19-16(22)11-5-7-18-8-6-11/h3-9,17,21,23H,1-2H3,(H,19,22). The van der Waals surface area contributed by atoms with Crippen molar-refractivity contribution >= 4 is 17.4 Å².